The lowest BCUT2D eigenvalue weighted by Crippen LogP contribution is -2.20. The third-order valence-electron chi connectivity index (χ3n) is 4.05. The second-order valence-electron chi connectivity index (χ2n) is 5.88. The SMILES string of the molecule is COC(=O)c1c(SCC(=O)Nc2cc(Cl)ccc2OC)[nH]c2ccccc2c1=O. The number of methoxy groups -OCH3 is 2. The number of fused-ring (bicyclic) bond motifs is 1. The van der Waals surface area contributed by atoms with Gasteiger partial charge in [-0.05, 0) is 30.3 Å². The molecule has 0 atom stereocenters. The number of rotatable bonds is 6. The summed E-state index contributed by atoms with van der Waals surface area (Å²) in [6.07, 6.45) is 0. The first-order chi connectivity index (χ1) is 13.9. The van der Waals surface area contributed by atoms with E-state index in [-0.39, 0.29) is 22.2 Å². The van der Waals surface area contributed by atoms with Crippen LogP contribution in [0.3, 0.4) is 0 Å². The van der Waals surface area contributed by atoms with Crippen molar-refractivity contribution in [1.82, 2.24) is 4.98 Å². The molecule has 150 valence electrons. The Morgan fingerprint density at radius 3 is 2.66 bits per heavy atom. The number of anilines is 1. The maximum Gasteiger partial charge on any atom is 0.344 e. The molecule has 1 heterocycles. The van der Waals surface area contributed by atoms with Gasteiger partial charge in [0, 0.05) is 10.4 Å². The lowest BCUT2D eigenvalue weighted by Gasteiger charge is -2.12. The zero-order valence-corrected chi connectivity index (χ0v) is 17.1. The molecule has 3 aromatic rings. The highest BCUT2D eigenvalue weighted by atomic mass is 35.5. The van der Waals surface area contributed by atoms with Crippen LogP contribution in [0.5, 0.6) is 5.75 Å². The predicted octanol–water partition coefficient (Wildman–Crippen LogP) is 3.71. The highest BCUT2D eigenvalue weighted by Crippen LogP contribution is 2.28. The summed E-state index contributed by atoms with van der Waals surface area (Å²) in [5, 5.41) is 3.78. The fourth-order valence-electron chi connectivity index (χ4n) is 2.71. The number of carbonyl (C=O) groups is 2. The fourth-order valence-corrected chi connectivity index (χ4v) is 3.73. The normalized spacial score (nSPS) is 10.6. The van der Waals surface area contributed by atoms with Gasteiger partial charge in [0.1, 0.15) is 11.3 Å². The summed E-state index contributed by atoms with van der Waals surface area (Å²) in [7, 11) is 2.68. The van der Waals surface area contributed by atoms with E-state index in [2.05, 4.69) is 10.3 Å². The number of ether oxygens (including phenoxy) is 2. The van der Waals surface area contributed by atoms with E-state index >= 15 is 0 Å². The summed E-state index contributed by atoms with van der Waals surface area (Å²) in [5.41, 5.74) is 0.394. The summed E-state index contributed by atoms with van der Waals surface area (Å²) in [6, 6.07) is 11.7. The van der Waals surface area contributed by atoms with E-state index in [0.29, 0.717) is 27.4 Å². The van der Waals surface area contributed by atoms with Gasteiger partial charge in [0.25, 0.3) is 0 Å². The molecule has 7 nitrogen and oxygen atoms in total. The number of hydrogen-bond acceptors (Lipinski definition) is 6. The Kier molecular flexibility index (Phi) is 6.46. The maximum absolute atomic E-state index is 12.7. The highest BCUT2D eigenvalue weighted by Gasteiger charge is 2.21. The second-order valence-corrected chi connectivity index (χ2v) is 7.30. The Morgan fingerprint density at radius 1 is 1.17 bits per heavy atom. The second kappa shape index (κ2) is 9.02. The molecule has 3 rings (SSSR count). The van der Waals surface area contributed by atoms with E-state index < -0.39 is 11.4 Å². The third-order valence-corrected chi connectivity index (χ3v) is 5.28. The van der Waals surface area contributed by atoms with Gasteiger partial charge in [-0.25, -0.2) is 4.79 Å². The molecule has 29 heavy (non-hydrogen) atoms. The molecular formula is C20H17ClN2O5S. The van der Waals surface area contributed by atoms with Gasteiger partial charge in [-0.15, -0.1) is 0 Å². The van der Waals surface area contributed by atoms with Crippen molar-refractivity contribution in [3.8, 4) is 5.75 Å². The highest BCUT2D eigenvalue weighted by molar-refractivity contribution is 8.00. The van der Waals surface area contributed by atoms with Gasteiger partial charge in [-0.2, -0.15) is 0 Å². The van der Waals surface area contributed by atoms with Crippen molar-refractivity contribution in [2.45, 2.75) is 5.03 Å². The number of thioether (sulfide) groups is 1. The number of halogens is 1. The summed E-state index contributed by atoms with van der Waals surface area (Å²) in [6.45, 7) is 0. The van der Waals surface area contributed by atoms with Crippen molar-refractivity contribution in [3.63, 3.8) is 0 Å². The van der Waals surface area contributed by atoms with Gasteiger partial charge in [0.05, 0.1) is 36.2 Å². The van der Waals surface area contributed by atoms with Gasteiger partial charge in [-0.1, -0.05) is 35.5 Å². The molecule has 0 aliphatic carbocycles. The number of amides is 1. The third kappa shape index (κ3) is 4.55. The number of pyridine rings is 1. The average Bonchev–Trinajstić information content (AvgIpc) is 2.72. The Balaban J connectivity index is 1.86. The smallest absolute Gasteiger partial charge is 0.344 e. The number of carbonyl (C=O) groups excluding carboxylic acids is 2. The van der Waals surface area contributed by atoms with Crippen molar-refractivity contribution < 1.29 is 19.1 Å². The van der Waals surface area contributed by atoms with Crippen LogP contribution in [0.1, 0.15) is 10.4 Å². The van der Waals surface area contributed by atoms with Crippen molar-refractivity contribution in [1.29, 1.82) is 0 Å². The zero-order valence-electron chi connectivity index (χ0n) is 15.6. The number of hydrogen-bond donors (Lipinski definition) is 2. The largest absolute Gasteiger partial charge is 0.495 e. The summed E-state index contributed by atoms with van der Waals surface area (Å²) in [4.78, 5) is 40.4. The quantitative estimate of drug-likeness (QED) is 0.455. The lowest BCUT2D eigenvalue weighted by molar-refractivity contribution is -0.113. The molecule has 0 radical (unpaired) electrons. The van der Waals surface area contributed by atoms with Crippen LogP contribution >= 0.6 is 23.4 Å². The number of benzene rings is 2. The molecule has 0 bridgehead atoms. The monoisotopic (exact) mass is 432 g/mol. The minimum atomic E-state index is -0.767. The molecular weight excluding hydrogens is 416 g/mol. The first-order valence-corrected chi connectivity index (χ1v) is 9.80. The first-order valence-electron chi connectivity index (χ1n) is 8.44. The summed E-state index contributed by atoms with van der Waals surface area (Å²) < 4.78 is 9.95. The van der Waals surface area contributed by atoms with Gasteiger partial charge < -0.3 is 19.8 Å². The van der Waals surface area contributed by atoms with E-state index in [1.54, 1.807) is 42.5 Å². The Labute approximate surface area is 175 Å². The molecule has 1 aromatic heterocycles. The molecule has 0 unspecified atom stereocenters. The van der Waals surface area contributed by atoms with Crippen molar-refractivity contribution in [2.75, 3.05) is 25.3 Å². The summed E-state index contributed by atoms with van der Waals surface area (Å²) in [5.74, 6) is -0.729. The zero-order chi connectivity index (χ0) is 21.0. The molecule has 2 aromatic carbocycles. The Morgan fingerprint density at radius 2 is 1.93 bits per heavy atom. The fraction of sp³-hybridized carbons (Fsp3) is 0.150. The van der Waals surface area contributed by atoms with Crippen LogP contribution in [-0.2, 0) is 9.53 Å². The Hall–Kier alpha value is -2.97. The van der Waals surface area contributed by atoms with Crippen molar-refractivity contribution in [2.24, 2.45) is 0 Å². The van der Waals surface area contributed by atoms with Gasteiger partial charge >= 0.3 is 5.97 Å². The molecule has 0 fully saturated rings. The van der Waals surface area contributed by atoms with Crippen molar-refractivity contribution in [3.05, 3.63) is 63.3 Å². The Bertz CT molecular complexity index is 1150. The van der Waals surface area contributed by atoms with Gasteiger partial charge in [0.2, 0.25) is 11.3 Å². The number of H-pyrrole nitrogens is 1. The minimum absolute atomic E-state index is 0.0616. The molecule has 0 aliphatic rings. The predicted molar refractivity (Wildman–Crippen MR) is 113 cm³/mol. The minimum Gasteiger partial charge on any atom is -0.495 e. The molecule has 0 spiro atoms. The number of para-hydroxylation sites is 1. The van der Waals surface area contributed by atoms with Crippen LogP contribution in [0.4, 0.5) is 5.69 Å². The van der Waals surface area contributed by atoms with E-state index in [1.807, 2.05) is 0 Å². The van der Waals surface area contributed by atoms with Gasteiger partial charge in [0.15, 0.2) is 0 Å². The number of nitrogens with one attached hydrogen (secondary N) is 2. The molecule has 2 N–H and O–H groups in total. The number of aromatic amines is 1. The van der Waals surface area contributed by atoms with E-state index in [9.17, 15) is 14.4 Å². The molecule has 0 saturated heterocycles. The molecule has 0 aliphatic heterocycles. The number of aromatic nitrogens is 1. The van der Waals surface area contributed by atoms with Crippen LogP contribution in [0.25, 0.3) is 10.9 Å². The van der Waals surface area contributed by atoms with Crippen LogP contribution in [0, 0.1) is 0 Å². The number of esters is 1. The topological polar surface area (TPSA) is 97.5 Å². The van der Waals surface area contributed by atoms with Crippen LogP contribution in [0.2, 0.25) is 5.02 Å². The maximum atomic E-state index is 12.7. The lowest BCUT2D eigenvalue weighted by atomic mass is 10.1. The van der Waals surface area contributed by atoms with Crippen LogP contribution < -0.4 is 15.5 Å². The standard InChI is InChI=1S/C20H17ClN2O5S/c1-27-15-8-7-11(21)9-14(15)22-16(24)10-29-19-17(20(26)28-2)18(25)12-5-3-4-6-13(12)23-19/h3-9H,10H2,1-2H3,(H,22,24)(H,23,25). The summed E-state index contributed by atoms with van der Waals surface area (Å²) >= 11 is 6.99. The van der Waals surface area contributed by atoms with Gasteiger partial charge in [-0.3, -0.25) is 9.59 Å². The molecule has 0 saturated carbocycles. The van der Waals surface area contributed by atoms with E-state index in [0.717, 1.165) is 11.8 Å². The van der Waals surface area contributed by atoms with Crippen LogP contribution in [0.15, 0.2) is 52.3 Å². The van der Waals surface area contributed by atoms with E-state index in [4.69, 9.17) is 21.1 Å². The first kappa shape index (κ1) is 20.8. The van der Waals surface area contributed by atoms with E-state index in [1.165, 1.54) is 14.2 Å². The average molecular weight is 433 g/mol. The van der Waals surface area contributed by atoms with Crippen LogP contribution in [-0.4, -0.2) is 36.8 Å². The van der Waals surface area contributed by atoms with Crippen molar-refractivity contribution >= 4 is 51.8 Å². The molecule has 9 heteroatoms. The molecule has 1 amide bonds.